The second-order valence-electron chi connectivity index (χ2n) is 2.82. The topological polar surface area (TPSA) is 46.2 Å². The molecule has 0 fully saturated rings. The first kappa shape index (κ1) is 12.7. The summed E-state index contributed by atoms with van der Waals surface area (Å²) < 4.78 is 26.7. The van der Waals surface area contributed by atoms with Crippen molar-refractivity contribution in [1.82, 2.24) is 4.72 Å². The van der Waals surface area contributed by atoms with Crippen molar-refractivity contribution in [3.05, 3.63) is 14.7 Å². The van der Waals surface area contributed by atoms with Gasteiger partial charge in [-0.2, -0.15) is 0 Å². The Morgan fingerprint density at radius 2 is 2.33 bits per heavy atom. The van der Waals surface area contributed by atoms with Crippen molar-refractivity contribution in [2.24, 2.45) is 0 Å². The average molecular weight is 308 g/mol. The van der Waals surface area contributed by atoms with Crippen molar-refractivity contribution >= 4 is 37.3 Å². The molecule has 0 aromatic carbocycles. The minimum atomic E-state index is -3.41. The number of hydrogen-bond donors (Lipinski definition) is 1. The molecule has 1 aromatic heterocycles. The van der Waals surface area contributed by atoms with Crippen LogP contribution in [0.2, 0.25) is 0 Å². The minimum Gasteiger partial charge on any atom is -0.210 e. The zero-order valence-electron chi connectivity index (χ0n) is 8.08. The van der Waals surface area contributed by atoms with Crippen LogP contribution in [-0.4, -0.2) is 15.0 Å². The van der Waals surface area contributed by atoms with Crippen LogP contribution in [0.15, 0.2) is 14.7 Å². The highest BCUT2D eigenvalue weighted by Gasteiger charge is 2.18. The fourth-order valence-electron chi connectivity index (χ4n) is 1.03. The van der Waals surface area contributed by atoms with Gasteiger partial charge in [-0.05, 0) is 28.9 Å². The molecular weight excluding hydrogens is 298 g/mol. The Morgan fingerprint density at radius 3 is 2.80 bits per heavy atom. The second kappa shape index (κ2) is 5.12. The van der Waals surface area contributed by atoms with Gasteiger partial charge in [0.15, 0.2) is 0 Å². The fourth-order valence-corrected chi connectivity index (χ4v) is 4.48. The van der Waals surface area contributed by atoms with E-state index in [1.165, 1.54) is 11.3 Å². The monoisotopic (exact) mass is 307 g/mol. The molecule has 0 spiro atoms. The summed E-state index contributed by atoms with van der Waals surface area (Å²) in [5, 5.41) is 0. The van der Waals surface area contributed by atoms with Crippen molar-refractivity contribution < 1.29 is 8.42 Å². The van der Waals surface area contributed by atoms with E-state index in [-0.39, 0.29) is 6.54 Å². The van der Waals surface area contributed by atoms with Crippen LogP contribution in [0.25, 0.3) is 0 Å². The third-order valence-corrected chi connectivity index (χ3v) is 4.96. The molecule has 0 aliphatic rings. The Hall–Kier alpha value is -0.350. The summed E-state index contributed by atoms with van der Waals surface area (Å²) in [6, 6.07) is 1.60. The minimum absolute atomic E-state index is 0.270. The largest absolute Gasteiger partial charge is 0.241 e. The Balaban J connectivity index is 2.87. The molecule has 0 saturated carbocycles. The smallest absolute Gasteiger partial charge is 0.210 e. The Morgan fingerprint density at radius 1 is 1.67 bits per heavy atom. The highest BCUT2D eigenvalue weighted by Crippen LogP contribution is 2.29. The van der Waals surface area contributed by atoms with Gasteiger partial charge < -0.3 is 0 Å². The van der Waals surface area contributed by atoms with E-state index in [2.05, 4.69) is 26.6 Å². The lowest BCUT2D eigenvalue weighted by Gasteiger charge is -2.03. The fraction of sp³-hybridized carbons (Fsp3) is 0.333. The highest BCUT2D eigenvalue weighted by molar-refractivity contribution is 9.11. The third-order valence-electron chi connectivity index (χ3n) is 1.69. The first-order valence-electron chi connectivity index (χ1n) is 4.16. The molecule has 3 nitrogen and oxygen atoms in total. The first-order valence-corrected chi connectivity index (χ1v) is 7.25. The van der Waals surface area contributed by atoms with Gasteiger partial charge in [-0.25, -0.2) is 13.1 Å². The van der Waals surface area contributed by atoms with Crippen molar-refractivity contribution in [2.75, 3.05) is 6.54 Å². The maximum Gasteiger partial charge on any atom is 0.241 e. The molecule has 0 aliphatic heterocycles. The van der Waals surface area contributed by atoms with Gasteiger partial charge >= 0.3 is 0 Å². The number of halogens is 1. The summed E-state index contributed by atoms with van der Waals surface area (Å²) in [5.41, 5.74) is 0. The Bertz CT molecular complexity index is 485. The van der Waals surface area contributed by atoms with Crippen LogP contribution in [0.1, 0.15) is 11.3 Å². The predicted octanol–water partition coefficient (Wildman–Crippen LogP) is 2.12. The van der Waals surface area contributed by atoms with Crippen LogP contribution in [0, 0.1) is 19.3 Å². The summed E-state index contributed by atoms with van der Waals surface area (Å²) >= 11 is 4.64. The number of nitrogens with one attached hydrogen (secondary N) is 1. The SMILES string of the molecule is C#CCCNS(=O)(=O)c1cc(Br)sc1C. The van der Waals surface area contributed by atoms with Crippen molar-refractivity contribution in [3.63, 3.8) is 0 Å². The average Bonchev–Trinajstić information content (AvgIpc) is 2.46. The van der Waals surface area contributed by atoms with Gasteiger partial charge in [-0.1, -0.05) is 0 Å². The van der Waals surface area contributed by atoms with Gasteiger partial charge in [-0.3, -0.25) is 0 Å². The standard InChI is InChI=1S/C9H10BrNO2S2/c1-3-4-5-11-15(12,13)8-6-9(10)14-7(8)2/h1,6,11H,4-5H2,2H3. The van der Waals surface area contributed by atoms with Crippen LogP contribution >= 0.6 is 27.3 Å². The summed E-state index contributed by atoms with van der Waals surface area (Å²) in [7, 11) is -3.41. The maximum absolute atomic E-state index is 11.7. The van der Waals surface area contributed by atoms with E-state index in [4.69, 9.17) is 6.42 Å². The molecule has 1 N–H and O–H groups in total. The van der Waals surface area contributed by atoms with Crippen LogP contribution in [0.3, 0.4) is 0 Å². The van der Waals surface area contributed by atoms with Gasteiger partial charge in [0.2, 0.25) is 10.0 Å². The van der Waals surface area contributed by atoms with E-state index in [1.807, 2.05) is 0 Å². The Kier molecular flexibility index (Phi) is 4.34. The molecule has 0 radical (unpaired) electrons. The Labute approximate surface area is 102 Å². The number of thiophene rings is 1. The summed E-state index contributed by atoms with van der Waals surface area (Å²) in [5.74, 6) is 2.38. The number of sulfonamides is 1. The second-order valence-corrected chi connectivity index (χ2v) is 7.19. The quantitative estimate of drug-likeness (QED) is 0.684. The van der Waals surface area contributed by atoms with Crippen molar-refractivity contribution in [2.45, 2.75) is 18.2 Å². The van der Waals surface area contributed by atoms with E-state index in [9.17, 15) is 8.42 Å². The number of hydrogen-bond acceptors (Lipinski definition) is 3. The van der Waals surface area contributed by atoms with Gasteiger partial charge in [0.1, 0.15) is 0 Å². The van der Waals surface area contributed by atoms with Gasteiger partial charge in [0.05, 0.1) is 8.68 Å². The molecule has 1 aromatic rings. The van der Waals surface area contributed by atoms with Gasteiger partial charge in [-0.15, -0.1) is 23.7 Å². The van der Waals surface area contributed by atoms with Crippen molar-refractivity contribution in [1.29, 1.82) is 0 Å². The molecule has 6 heteroatoms. The predicted molar refractivity (Wildman–Crippen MR) is 65.4 cm³/mol. The molecule has 0 aliphatic carbocycles. The van der Waals surface area contributed by atoms with Crippen LogP contribution in [-0.2, 0) is 10.0 Å². The molecular formula is C9H10BrNO2S2. The van der Waals surface area contributed by atoms with E-state index >= 15 is 0 Å². The van der Waals surface area contributed by atoms with Crippen LogP contribution in [0.4, 0.5) is 0 Å². The lowest BCUT2D eigenvalue weighted by Crippen LogP contribution is -2.24. The summed E-state index contributed by atoms with van der Waals surface area (Å²) in [6.07, 6.45) is 5.43. The molecule has 1 heterocycles. The first-order chi connectivity index (χ1) is 6.97. The van der Waals surface area contributed by atoms with E-state index in [1.54, 1.807) is 13.0 Å². The molecule has 0 atom stereocenters. The van der Waals surface area contributed by atoms with E-state index in [0.29, 0.717) is 11.3 Å². The summed E-state index contributed by atoms with van der Waals surface area (Å²) in [4.78, 5) is 1.08. The zero-order valence-corrected chi connectivity index (χ0v) is 11.3. The van der Waals surface area contributed by atoms with Crippen molar-refractivity contribution in [3.8, 4) is 12.3 Å². The van der Waals surface area contributed by atoms with Crippen LogP contribution in [0.5, 0.6) is 0 Å². The molecule has 0 bridgehead atoms. The van der Waals surface area contributed by atoms with E-state index < -0.39 is 10.0 Å². The lowest BCUT2D eigenvalue weighted by atomic mass is 10.5. The number of rotatable bonds is 4. The zero-order chi connectivity index (χ0) is 11.5. The maximum atomic E-state index is 11.7. The van der Waals surface area contributed by atoms with Crippen LogP contribution < -0.4 is 4.72 Å². The molecule has 0 amide bonds. The van der Waals surface area contributed by atoms with Gasteiger partial charge in [0.25, 0.3) is 0 Å². The molecule has 0 saturated heterocycles. The third kappa shape index (κ3) is 3.31. The molecule has 82 valence electrons. The number of aryl methyl sites for hydroxylation is 1. The number of terminal acetylenes is 1. The summed E-state index contributed by atoms with van der Waals surface area (Å²) in [6.45, 7) is 2.04. The van der Waals surface area contributed by atoms with E-state index in [0.717, 1.165) is 8.66 Å². The molecule has 0 unspecified atom stereocenters. The highest BCUT2D eigenvalue weighted by atomic mass is 79.9. The molecule has 15 heavy (non-hydrogen) atoms. The van der Waals surface area contributed by atoms with Gasteiger partial charge in [0, 0.05) is 17.8 Å². The lowest BCUT2D eigenvalue weighted by molar-refractivity contribution is 0.582. The molecule has 1 rings (SSSR count). The normalized spacial score (nSPS) is 11.3.